The predicted molar refractivity (Wildman–Crippen MR) is 73.3 cm³/mol. The lowest BCUT2D eigenvalue weighted by molar-refractivity contribution is -0.135. The van der Waals surface area contributed by atoms with Crippen LogP contribution in [0.2, 0.25) is 5.02 Å². The Labute approximate surface area is 112 Å². The first-order valence-corrected chi connectivity index (χ1v) is 6.75. The highest BCUT2D eigenvalue weighted by Gasteiger charge is 2.20. The van der Waals surface area contributed by atoms with E-state index in [0.717, 1.165) is 12.2 Å². The first-order valence-electron chi connectivity index (χ1n) is 6.37. The summed E-state index contributed by atoms with van der Waals surface area (Å²) >= 11 is 5.86. The summed E-state index contributed by atoms with van der Waals surface area (Å²) in [6.45, 7) is 0.881. The average molecular weight is 268 g/mol. The molecule has 0 radical (unpaired) electrons. The number of halogens is 1. The summed E-state index contributed by atoms with van der Waals surface area (Å²) in [5.74, 6) is -0.164. The normalized spacial score (nSPS) is 15.8. The first kappa shape index (κ1) is 13.2. The summed E-state index contributed by atoms with van der Waals surface area (Å²) in [5.41, 5.74) is 0.939. The Bertz CT molecular complexity index is 399. The molecule has 0 spiro atoms. The summed E-state index contributed by atoms with van der Waals surface area (Å²) in [7, 11) is 0. The number of hydrogen-bond donors (Lipinski definition) is 1. The van der Waals surface area contributed by atoms with Crippen molar-refractivity contribution in [1.29, 1.82) is 0 Å². The average Bonchev–Trinajstić information content (AvgIpc) is 2.81. The molecule has 1 saturated carbocycles. The molecule has 98 valence electrons. The molecule has 0 atom stereocenters. The molecule has 4 heteroatoms. The quantitative estimate of drug-likeness (QED) is 0.889. The fourth-order valence-corrected chi connectivity index (χ4v) is 2.71. The van der Waals surface area contributed by atoms with E-state index in [0.29, 0.717) is 10.9 Å². The highest BCUT2D eigenvalue weighted by molar-refractivity contribution is 6.30. The van der Waals surface area contributed by atoms with Crippen molar-refractivity contribution in [3.63, 3.8) is 0 Å². The minimum atomic E-state index is -0.789. The van der Waals surface area contributed by atoms with Crippen LogP contribution < -0.4 is 4.90 Å². The standard InChI is InChI=1S/C14H18ClNO2/c15-12-5-7-13(8-6-12)16(10-14(17)18)9-11-3-1-2-4-11/h5-8,11H,1-4,9-10H2,(H,17,18). The van der Waals surface area contributed by atoms with Gasteiger partial charge in [0.1, 0.15) is 6.54 Å². The number of benzene rings is 1. The molecule has 1 aliphatic carbocycles. The van der Waals surface area contributed by atoms with Crippen molar-refractivity contribution >= 4 is 23.3 Å². The van der Waals surface area contributed by atoms with Gasteiger partial charge >= 0.3 is 5.97 Å². The lowest BCUT2D eigenvalue weighted by atomic mass is 10.1. The van der Waals surface area contributed by atoms with Gasteiger partial charge in [-0.05, 0) is 43.0 Å². The van der Waals surface area contributed by atoms with Gasteiger partial charge in [0.15, 0.2) is 0 Å². The zero-order valence-corrected chi connectivity index (χ0v) is 11.1. The maximum Gasteiger partial charge on any atom is 0.323 e. The van der Waals surface area contributed by atoms with Crippen LogP contribution >= 0.6 is 11.6 Å². The lowest BCUT2D eigenvalue weighted by Crippen LogP contribution is -2.33. The Balaban J connectivity index is 2.07. The number of hydrogen-bond acceptors (Lipinski definition) is 2. The van der Waals surface area contributed by atoms with Gasteiger partial charge in [-0.3, -0.25) is 4.79 Å². The molecule has 1 aliphatic rings. The maximum absolute atomic E-state index is 11.0. The van der Waals surface area contributed by atoms with Crippen LogP contribution in [0.3, 0.4) is 0 Å². The second-order valence-electron chi connectivity index (χ2n) is 4.90. The number of nitrogens with zero attached hydrogens (tertiary/aromatic N) is 1. The summed E-state index contributed by atoms with van der Waals surface area (Å²) in [6.07, 6.45) is 4.96. The molecule has 1 N–H and O–H groups in total. The van der Waals surface area contributed by atoms with E-state index in [1.165, 1.54) is 25.7 Å². The van der Waals surface area contributed by atoms with Gasteiger partial charge in [-0.2, -0.15) is 0 Å². The fourth-order valence-electron chi connectivity index (χ4n) is 2.58. The number of carbonyl (C=O) groups is 1. The SMILES string of the molecule is O=C(O)CN(CC1CCCC1)c1ccc(Cl)cc1. The van der Waals surface area contributed by atoms with Gasteiger partial charge in [0, 0.05) is 17.3 Å². The molecule has 0 unspecified atom stereocenters. The third-order valence-corrected chi connectivity index (χ3v) is 3.72. The smallest absolute Gasteiger partial charge is 0.323 e. The lowest BCUT2D eigenvalue weighted by Gasteiger charge is -2.26. The van der Waals surface area contributed by atoms with Gasteiger partial charge in [0.2, 0.25) is 0 Å². The molecular formula is C14H18ClNO2. The molecule has 0 aromatic heterocycles. The monoisotopic (exact) mass is 267 g/mol. The van der Waals surface area contributed by atoms with Gasteiger partial charge < -0.3 is 10.0 Å². The minimum absolute atomic E-state index is 0.0537. The summed E-state index contributed by atoms with van der Waals surface area (Å²) in [6, 6.07) is 7.39. The van der Waals surface area contributed by atoms with Gasteiger partial charge in [-0.15, -0.1) is 0 Å². The van der Waals surface area contributed by atoms with Crippen molar-refractivity contribution in [2.45, 2.75) is 25.7 Å². The number of carboxylic acid groups (broad SMARTS) is 1. The zero-order chi connectivity index (χ0) is 13.0. The fraction of sp³-hybridized carbons (Fsp3) is 0.500. The van der Waals surface area contributed by atoms with Crippen LogP contribution in [0.15, 0.2) is 24.3 Å². The maximum atomic E-state index is 11.0. The van der Waals surface area contributed by atoms with E-state index in [9.17, 15) is 4.79 Å². The molecular weight excluding hydrogens is 250 g/mol. The Morgan fingerprint density at radius 1 is 1.28 bits per heavy atom. The van der Waals surface area contributed by atoms with Crippen LogP contribution in [0.4, 0.5) is 5.69 Å². The Kier molecular flexibility index (Phi) is 4.48. The van der Waals surface area contributed by atoms with E-state index in [4.69, 9.17) is 16.7 Å². The second kappa shape index (κ2) is 6.10. The molecule has 3 nitrogen and oxygen atoms in total. The van der Waals surface area contributed by atoms with Crippen LogP contribution in [0.5, 0.6) is 0 Å². The van der Waals surface area contributed by atoms with Crippen LogP contribution in [0.1, 0.15) is 25.7 Å². The molecule has 0 bridgehead atoms. The molecule has 0 aliphatic heterocycles. The van der Waals surface area contributed by atoms with E-state index in [2.05, 4.69) is 0 Å². The molecule has 2 rings (SSSR count). The van der Waals surface area contributed by atoms with Crippen LogP contribution in [0.25, 0.3) is 0 Å². The van der Waals surface area contributed by atoms with Gasteiger partial charge in [-0.1, -0.05) is 24.4 Å². The number of rotatable bonds is 5. The van der Waals surface area contributed by atoms with Crippen molar-refractivity contribution in [3.8, 4) is 0 Å². The third-order valence-electron chi connectivity index (χ3n) is 3.47. The van der Waals surface area contributed by atoms with Gasteiger partial charge in [0.25, 0.3) is 0 Å². The van der Waals surface area contributed by atoms with Crippen molar-refractivity contribution < 1.29 is 9.90 Å². The first-order chi connectivity index (χ1) is 8.65. The van der Waals surface area contributed by atoms with Crippen LogP contribution in [-0.2, 0) is 4.79 Å². The Morgan fingerprint density at radius 3 is 2.44 bits per heavy atom. The number of anilines is 1. The summed E-state index contributed by atoms with van der Waals surface area (Å²) in [4.78, 5) is 12.9. The highest BCUT2D eigenvalue weighted by Crippen LogP contribution is 2.27. The Morgan fingerprint density at radius 2 is 1.89 bits per heavy atom. The third kappa shape index (κ3) is 3.64. The highest BCUT2D eigenvalue weighted by atomic mass is 35.5. The molecule has 1 fully saturated rings. The number of aliphatic carboxylic acids is 1. The molecule has 1 aromatic rings. The van der Waals surface area contributed by atoms with Gasteiger partial charge in [0.05, 0.1) is 0 Å². The minimum Gasteiger partial charge on any atom is -0.480 e. The van der Waals surface area contributed by atoms with Crippen LogP contribution in [0, 0.1) is 5.92 Å². The Hall–Kier alpha value is -1.22. The van der Waals surface area contributed by atoms with Crippen molar-refractivity contribution in [2.75, 3.05) is 18.0 Å². The second-order valence-corrected chi connectivity index (χ2v) is 5.34. The molecule has 0 heterocycles. The summed E-state index contributed by atoms with van der Waals surface area (Å²) < 4.78 is 0. The number of carboxylic acids is 1. The largest absolute Gasteiger partial charge is 0.480 e. The van der Waals surface area contributed by atoms with E-state index >= 15 is 0 Å². The van der Waals surface area contributed by atoms with E-state index in [1.807, 2.05) is 17.0 Å². The van der Waals surface area contributed by atoms with Gasteiger partial charge in [-0.25, -0.2) is 0 Å². The van der Waals surface area contributed by atoms with Crippen LogP contribution in [-0.4, -0.2) is 24.2 Å². The van der Waals surface area contributed by atoms with Crippen molar-refractivity contribution in [1.82, 2.24) is 0 Å². The van der Waals surface area contributed by atoms with E-state index < -0.39 is 5.97 Å². The molecule has 0 amide bonds. The molecule has 0 saturated heterocycles. The predicted octanol–water partition coefficient (Wildman–Crippen LogP) is 3.42. The van der Waals surface area contributed by atoms with E-state index in [-0.39, 0.29) is 6.54 Å². The van der Waals surface area contributed by atoms with Crippen molar-refractivity contribution in [2.24, 2.45) is 5.92 Å². The van der Waals surface area contributed by atoms with E-state index in [1.54, 1.807) is 12.1 Å². The topological polar surface area (TPSA) is 40.5 Å². The summed E-state index contributed by atoms with van der Waals surface area (Å²) in [5, 5.41) is 9.68. The zero-order valence-electron chi connectivity index (χ0n) is 10.3. The molecule has 18 heavy (non-hydrogen) atoms. The van der Waals surface area contributed by atoms with Crippen molar-refractivity contribution in [3.05, 3.63) is 29.3 Å². The molecule has 1 aromatic carbocycles.